The highest BCUT2D eigenvalue weighted by Gasteiger charge is 1.99. The Morgan fingerprint density at radius 3 is 2.25 bits per heavy atom. The Bertz CT molecular complexity index is 155. The van der Waals surface area contributed by atoms with E-state index in [-0.39, 0.29) is 5.91 Å². The molecule has 0 aliphatic carbocycles. The third-order valence-corrected chi connectivity index (χ3v) is 1.78. The Balaban J connectivity index is 3.20. The van der Waals surface area contributed by atoms with E-state index in [2.05, 4.69) is 6.58 Å². The number of unbranched alkanes of at least 4 members (excludes halogenated alkanes) is 3. The number of carbonyl (C=O) groups excluding carboxylic acids is 1. The molecule has 3 nitrogen and oxygen atoms in total. The Kier molecular flexibility index (Phi) is 6.38. The van der Waals surface area contributed by atoms with Crippen LogP contribution in [0.5, 0.6) is 0 Å². The van der Waals surface area contributed by atoms with E-state index in [4.69, 9.17) is 11.5 Å². The van der Waals surface area contributed by atoms with Gasteiger partial charge in [-0.1, -0.05) is 19.4 Å². The molecular formula is C9H18N2O. The van der Waals surface area contributed by atoms with Crippen molar-refractivity contribution in [1.82, 2.24) is 0 Å². The van der Waals surface area contributed by atoms with Crippen LogP contribution >= 0.6 is 0 Å². The topological polar surface area (TPSA) is 69.1 Å². The van der Waals surface area contributed by atoms with Gasteiger partial charge in [0.25, 0.3) is 0 Å². The Morgan fingerprint density at radius 2 is 1.75 bits per heavy atom. The predicted octanol–water partition coefficient (Wildman–Crippen LogP) is 0.937. The maximum Gasteiger partial charge on any atom is 0.244 e. The molecule has 0 saturated carbocycles. The van der Waals surface area contributed by atoms with Gasteiger partial charge in [-0.15, -0.1) is 0 Å². The van der Waals surface area contributed by atoms with Crippen molar-refractivity contribution >= 4 is 5.91 Å². The quantitative estimate of drug-likeness (QED) is 0.441. The molecule has 3 heteroatoms. The highest BCUT2D eigenvalue weighted by atomic mass is 16.1. The second-order valence-corrected chi connectivity index (χ2v) is 2.92. The van der Waals surface area contributed by atoms with Crippen LogP contribution in [0.2, 0.25) is 0 Å². The minimum absolute atomic E-state index is 0.381. The lowest BCUT2D eigenvalue weighted by Crippen LogP contribution is -2.12. The number of primary amides is 1. The van der Waals surface area contributed by atoms with Gasteiger partial charge in [-0.2, -0.15) is 0 Å². The molecule has 0 heterocycles. The van der Waals surface area contributed by atoms with Crippen molar-refractivity contribution in [3.8, 4) is 0 Å². The van der Waals surface area contributed by atoms with E-state index in [9.17, 15) is 4.79 Å². The second kappa shape index (κ2) is 6.85. The largest absolute Gasteiger partial charge is 0.366 e. The Hall–Kier alpha value is -0.830. The molecule has 0 spiro atoms. The summed E-state index contributed by atoms with van der Waals surface area (Å²) in [5.41, 5.74) is 10.9. The molecular weight excluding hydrogens is 152 g/mol. The van der Waals surface area contributed by atoms with Gasteiger partial charge >= 0.3 is 0 Å². The number of nitrogens with two attached hydrogens (primary N) is 2. The number of rotatable bonds is 7. The van der Waals surface area contributed by atoms with Gasteiger partial charge in [0.15, 0.2) is 0 Å². The number of hydrogen-bond acceptors (Lipinski definition) is 2. The first kappa shape index (κ1) is 11.2. The molecule has 70 valence electrons. The zero-order chi connectivity index (χ0) is 9.40. The maximum atomic E-state index is 10.5. The molecule has 0 radical (unpaired) electrons. The highest BCUT2D eigenvalue weighted by Crippen LogP contribution is 2.07. The molecule has 0 rings (SSSR count). The molecule has 0 aliphatic rings. The fraction of sp³-hybridized carbons (Fsp3) is 0.667. The SMILES string of the molecule is C=C(CCCCCCN)C(N)=O. The van der Waals surface area contributed by atoms with E-state index in [1.807, 2.05) is 0 Å². The molecule has 0 aromatic rings. The lowest BCUT2D eigenvalue weighted by atomic mass is 10.1. The van der Waals surface area contributed by atoms with Gasteiger partial charge in [-0.3, -0.25) is 4.79 Å². The van der Waals surface area contributed by atoms with Crippen LogP contribution in [-0.4, -0.2) is 12.5 Å². The number of hydrogen-bond donors (Lipinski definition) is 2. The van der Waals surface area contributed by atoms with Gasteiger partial charge in [-0.05, 0) is 25.8 Å². The van der Waals surface area contributed by atoms with E-state index in [0.29, 0.717) is 5.57 Å². The molecule has 0 aromatic heterocycles. The minimum atomic E-state index is -0.381. The van der Waals surface area contributed by atoms with Crippen LogP contribution in [0.4, 0.5) is 0 Å². The van der Waals surface area contributed by atoms with Crippen molar-refractivity contribution in [3.63, 3.8) is 0 Å². The Morgan fingerprint density at radius 1 is 1.17 bits per heavy atom. The molecule has 0 saturated heterocycles. The van der Waals surface area contributed by atoms with Gasteiger partial charge in [0.05, 0.1) is 0 Å². The van der Waals surface area contributed by atoms with Gasteiger partial charge in [0.1, 0.15) is 0 Å². The first-order chi connectivity index (χ1) is 5.68. The normalized spacial score (nSPS) is 9.75. The zero-order valence-electron chi connectivity index (χ0n) is 7.51. The molecule has 0 atom stereocenters. The summed E-state index contributed by atoms with van der Waals surface area (Å²) in [5, 5.41) is 0. The second-order valence-electron chi connectivity index (χ2n) is 2.92. The van der Waals surface area contributed by atoms with E-state index in [0.717, 1.165) is 38.6 Å². The fourth-order valence-electron chi connectivity index (χ4n) is 0.959. The molecule has 0 aromatic carbocycles. The van der Waals surface area contributed by atoms with E-state index < -0.39 is 0 Å². The lowest BCUT2D eigenvalue weighted by molar-refractivity contribution is -0.114. The summed E-state index contributed by atoms with van der Waals surface area (Å²) in [5.74, 6) is -0.381. The zero-order valence-corrected chi connectivity index (χ0v) is 7.51. The van der Waals surface area contributed by atoms with Gasteiger partial charge < -0.3 is 11.5 Å². The summed E-state index contributed by atoms with van der Waals surface area (Å²) in [6, 6.07) is 0. The maximum absolute atomic E-state index is 10.5. The summed E-state index contributed by atoms with van der Waals surface area (Å²) in [7, 11) is 0. The molecule has 12 heavy (non-hydrogen) atoms. The van der Waals surface area contributed by atoms with Crippen LogP contribution in [-0.2, 0) is 4.79 Å². The van der Waals surface area contributed by atoms with E-state index in [1.54, 1.807) is 0 Å². The van der Waals surface area contributed by atoms with Crippen molar-refractivity contribution in [2.24, 2.45) is 11.5 Å². The standard InChI is InChI=1S/C9H18N2O/c1-8(9(11)12)6-4-2-3-5-7-10/h1-7,10H2,(H2,11,12). The van der Waals surface area contributed by atoms with Crippen molar-refractivity contribution in [2.75, 3.05) is 6.54 Å². The Labute approximate surface area is 73.8 Å². The number of amides is 1. The molecule has 0 fully saturated rings. The van der Waals surface area contributed by atoms with Crippen LogP contribution in [0.1, 0.15) is 32.1 Å². The van der Waals surface area contributed by atoms with Gasteiger partial charge in [-0.25, -0.2) is 0 Å². The summed E-state index contributed by atoms with van der Waals surface area (Å²) >= 11 is 0. The van der Waals surface area contributed by atoms with E-state index in [1.165, 1.54) is 0 Å². The van der Waals surface area contributed by atoms with Crippen molar-refractivity contribution in [1.29, 1.82) is 0 Å². The monoisotopic (exact) mass is 170 g/mol. The van der Waals surface area contributed by atoms with Crippen LogP contribution < -0.4 is 11.5 Å². The minimum Gasteiger partial charge on any atom is -0.366 e. The molecule has 4 N–H and O–H groups in total. The number of carbonyl (C=O) groups is 1. The third-order valence-electron chi connectivity index (χ3n) is 1.78. The third kappa shape index (κ3) is 5.92. The highest BCUT2D eigenvalue weighted by molar-refractivity contribution is 5.91. The summed E-state index contributed by atoms with van der Waals surface area (Å²) < 4.78 is 0. The average Bonchev–Trinajstić information content (AvgIpc) is 2.03. The molecule has 1 amide bonds. The smallest absolute Gasteiger partial charge is 0.244 e. The molecule has 0 unspecified atom stereocenters. The lowest BCUT2D eigenvalue weighted by Gasteiger charge is -2.00. The van der Waals surface area contributed by atoms with Crippen LogP contribution in [0, 0.1) is 0 Å². The van der Waals surface area contributed by atoms with Gasteiger partial charge in [0, 0.05) is 5.57 Å². The average molecular weight is 170 g/mol. The van der Waals surface area contributed by atoms with Crippen molar-refractivity contribution in [3.05, 3.63) is 12.2 Å². The fourth-order valence-corrected chi connectivity index (χ4v) is 0.959. The van der Waals surface area contributed by atoms with Crippen molar-refractivity contribution in [2.45, 2.75) is 32.1 Å². The van der Waals surface area contributed by atoms with Crippen LogP contribution in [0.15, 0.2) is 12.2 Å². The van der Waals surface area contributed by atoms with Crippen LogP contribution in [0.3, 0.4) is 0 Å². The van der Waals surface area contributed by atoms with Crippen molar-refractivity contribution < 1.29 is 4.79 Å². The summed E-state index contributed by atoms with van der Waals surface area (Å²) in [4.78, 5) is 10.5. The first-order valence-corrected chi connectivity index (χ1v) is 4.36. The van der Waals surface area contributed by atoms with Gasteiger partial charge in [0.2, 0.25) is 5.91 Å². The predicted molar refractivity (Wildman–Crippen MR) is 50.5 cm³/mol. The summed E-state index contributed by atoms with van der Waals surface area (Å²) in [6.07, 6.45) is 5.00. The summed E-state index contributed by atoms with van der Waals surface area (Å²) in [6.45, 7) is 4.32. The first-order valence-electron chi connectivity index (χ1n) is 4.36. The molecule has 0 bridgehead atoms. The van der Waals surface area contributed by atoms with Crippen LogP contribution in [0.25, 0.3) is 0 Å². The molecule has 0 aliphatic heterocycles. The van der Waals surface area contributed by atoms with E-state index >= 15 is 0 Å².